The Morgan fingerprint density at radius 1 is 1.03 bits per heavy atom. The number of carboxylic acids is 1. The van der Waals surface area contributed by atoms with E-state index in [0.29, 0.717) is 18.0 Å². The lowest BCUT2D eigenvalue weighted by Crippen LogP contribution is -2.30. The number of aliphatic carboxylic acids is 1. The van der Waals surface area contributed by atoms with Crippen molar-refractivity contribution >= 4 is 40.6 Å². The van der Waals surface area contributed by atoms with Crippen molar-refractivity contribution in [3.63, 3.8) is 0 Å². The van der Waals surface area contributed by atoms with Crippen molar-refractivity contribution < 1.29 is 19.5 Å². The Labute approximate surface area is 215 Å². The molecular weight excluding hydrogens is 476 g/mol. The summed E-state index contributed by atoms with van der Waals surface area (Å²) >= 11 is 1.45. The van der Waals surface area contributed by atoms with Gasteiger partial charge in [-0.05, 0) is 55.0 Å². The third kappa shape index (κ3) is 8.49. The molecule has 3 amide bonds. The van der Waals surface area contributed by atoms with Crippen molar-refractivity contribution in [1.82, 2.24) is 10.3 Å². The van der Waals surface area contributed by atoms with E-state index in [4.69, 9.17) is 5.11 Å². The van der Waals surface area contributed by atoms with Crippen molar-refractivity contribution in [3.8, 4) is 0 Å². The van der Waals surface area contributed by atoms with E-state index in [-0.39, 0.29) is 30.8 Å². The fourth-order valence-electron chi connectivity index (χ4n) is 3.66. The van der Waals surface area contributed by atoms with Gasteiger partial charge in [0.05, 0.1) is 18.9 Å². The number of urea groups is 1. The number of anilines is 2. The van der Waals surface area contributed by atoms with E-state index >= 15 is 0 Å². The largest absolute Gasteiger partial charge is 0.481 e. The maximum atomic E-state index is 12.8. The molecule has 0 spiro atoms. The van der Waals surface area contributed by atoms with Gasteiger partial charge in [-0.15, -0.1) is 11.3 Å². The molecule has 0 aliphatic heterocycles. The number of nitrogens with zero attached hydrogens (tertiary/aromatic N) is 1. The molecular formula is C27H32N4O4S. The molecule has 1 heterocycles. The van der Waals surface area contributed by atoms with Crippen LogP contribution in [0.2, 0.25) is 0 Å². The highest BCUT2D eigenvalue weighted by Gasteiger charge is 2.20. The van der Waals surface area contributed by atoms with E-state index in [2.05, 4.69) is 34.8 Å². The highest BCUT2D eigenvalue weighted by Crippen LogP contribution is 2.26. The number of hydrogen-bond donors (Lipinski definition) is 4. The third-order valence-corrected chi connectivity index (χ3v) is 6.64. The molecule has 0 bridgehead atoms. The van der Waals surface area contributed by atoms with E-state index < -0.39 is 5.97 Å². The first-order valence-electron chi connectivity index (χ1n) is 11.9. The zero-order chi connectivity index (χ0) is 26.1. The number of amides is 3. The minimum absolute atomic E-state index is 0.0568. The first-order chi connectivity index (χ1) is 17.2. The van der Waals surface area contributed by atoms with Gasteiger partial charge in [-0.1, -0.05) is 44.2 Å². The van der Waals surface area contributed by atoms with Gasteiger partial charge in [0.2, 0.25) is 5.91 Å². The maximum absolute atomic E-state index is 12.8. The van der Waals surface area contributed by atoms with Crippen molar-refractivity contribution in [1.29, 1.82) is 0 Å². The number of thiazole rings is 1. The number of carbonyl (C=O) groups is 3. The zero-order valence-corrected chi connectivity index (χ0v) is 21.5. The summed E-state index contributed by atoms with van der Waals surface area (Å²) in [6.45, 7) is 6.09. The number of nitrogens with one attached hydrogen (secondary N) is 3. The Morgan fingerprint density at radius 3 is 2.42 bits per heavy atom. The fourth-order valence-corrected chi connectivity index (χ4v) is 4.64. The van der Waals surface area contributed by atoms with Gasteiger partial charge in [0.25, 0.3) is 0 Å². The van der Waals surface area contributed by atoms with Gasteiger partial charge < -0.3 is 21.1 Å². The van der Waals surface area contributed by atoms with Crippen LogP contribution in [0.4, 0.5) is 16.2 Å². The van der Waals surface area contributed by atoms with Crippen LogP contribution in [0.3, 0.4) is 0 Å². The molecule has 9 heteroatoms. The normalized spacial score (nSPS) is 11.7. The SMILES string of the molecule is Cc1ccccc1NC(=O)Nc1ccc(CC(=O)N[C@@H](CC(C)C)c2ncc(CCC(=O)O)s2)cc1. The Bertz CT molecular complexity index is 1190. The van der Waals surface area contributed by atoms with Crippen LogP contribution in [0.25, 0.3) is 0 Å². The fraction of sp³-hybridized carbons (Fsp3) is 0.333. The summed E-state index contributed by atoms with van der Waals surface area (Å²) in [5, 5.41) is 18.4. The van der Waals surface area contributed by atoms with E-state index in [9.17, 15) is 14.4 Å². The highest BCUT2D eigenvalue weighted by molar-refractivity contribution is 7.11. The van der Waals surface area contributed by atoms with Crippen LogP contribution < -0.4 is 16.0 Å². The summed E-state index contributed by atoms with van der Waals surface area (Å²) < 4.78 is 0. The van der Waals surface area contributed by atoms with Crippen LogP contribution >= 0.6 is 11.3 Å². The molecule has 4 N–H and O–H groups in total. The Morgan fingerprint density at radius 2 is 1.75 bits per heavy atom. The second-order valence-corrected chi connectivity index (χ2v) is 10.2. The number of para-hydroxylation sites is 1. The lowest BCUT2D eigenvalue weighted by molar-refractivity contribution is -0.137. The van der Waals surface area contributed by atoms with Crippen molar-refractivity contribution in [2.24, 2.45) is 5.92 Å². The highest BCUT2D eigenvalue weighted by atomic mass is 32.1. The minimum atomic E-state index is -0.842. The van der Waals surface area contributed by atoms with Crippen LogP contribution in [0.15, 0.2) is 54.7 Å². The molecule has 0 unspecified atom stereocenters. The van der Waals surface area contributed by atoms with Crippen LogP contribution in [-0.2, 0) is 22.4 Å². The van der Waals surface area contributed by atoms with Gasteiger partial charge >= 0.3 is 12.0 Å². The molecule has 8 nitrogen and oxygen atoms in total. The van der Waals surface area contributed by atoms with Gasteiger partial charge in [0.15, 0.2) is 0 Å². The van der Waals surface area contributed by atoms with Crippen LogP contribution in [0.1, 0.15) is 53.7 Å². The van der Waals surface area contributed by atoms with E-state index in [0.717, 1.165) is 33.1 Å². The molecule has 0 saturated heterocycles. The summed E-state index contributed by atoms with van der Waals surface area (Å²) in [7, 11) is 0. The minimum Gasteiger partial charge on any atom is -0.481 e. The summed E-state index contributed by atoms with van der Waals surface area (Å²) in [5.41, 5.74) is 3.16. The molecule has 3 aromatic rings. The predicted octanol–water partition coefficient (Wildman–Crippen LogP) is 5.56. The molecule has 1 aromatic heterocycles. The third-order valence-electron chi connectivity index (χ3n) is 5.47. The number of aryl methyl sites for hydroxylation is 2. The van der Waals surface area contributed by atoms with Gasteiger partial charge in [-0.25, -0.2) is 9.78 Å². The average molecular weight is 509 g/mol. The molecule has 0 fully saturated rings. The lowest BCUT2D eigenvalue weighted by atomic mass is 10.0. The summed E-state index contributed by atoms with van der Waals surface area (Å²) in [5.74, 6) is -0.621. The first-order valence-corrected chi connectivity index (χ1v) is 12.7. The predicted molar refractivity (Wildman–Crippen MR) is 142 cm³/mol. The molecule has 0 aliphatic rings. The van der Waals surface area contributed by atoms with Crippen molar-refractivity contribution in [2.45, 2.75) is 52.5 Å². The van der Waals surface area contributed by atoms with Gasteiger partial charge in [-0.2, -0.15) is 0 Å². The summed E-state index contributed by atoms with van der Waals surface area (Å²) in [6.07, 6.45) is 3.11. The zero-order valence-electron chi connectivity index (χ0n) is 20.7. The quantitative estimate of drug-likeness (QED) is 0.270. The second-order valence-electron chi connectivity index (χ2n) is 9.08. The number of benzene rings is 2. The Kier molecular flexibility index (Phi) is 9.58. The van der Waals surface area contributed by atoms with Crippen LogP contribution in [0.5, 0.6) is 0 Å². The smallest absolute Gasteiger partial charge is 0.323 e. The van der Waals surface area contributed by atoms with E-state index in [1.165, 1.54) is 11.3 Å². The van der Waals surface area contributed by atoms with Crippen molar-refractivity contribution in [3.05, 3.63) is 75.7 Å². The first kappa shape index (κ1) is 26.9. The molecule has 1 atom stereocenters. The Hall–Kier alpha value is -3.72. The molecule has 190 valence electrons. The van der Waals surface area contributed by atoms with Crippen LogP contribution in [0, 0.1) is 12.8 Å². The molecule has 0 radical (unpaired) electrons. The monoisotopic (exact) mass is 508 g/mol. The number of carbonyl (C=O) groups excluding carboxylic acids is 2. The molecule has 2 aromatic carbocycles. The standard InChI is InChI=1S/C27H32N4O4S/c1-17(2)14-23(26-28-16-21(36-26)12-13-25(33)34)30-24(32)15-19-8-10-20(11-9-19)29-27(35)31-22-7-5-4-6-18(22)3/h4-11,16-17,23H,12-15H2,1-3H3,(H,30,32)(H,33,34)(H2,29,31,35)/t23-/m0/s1. The number of aromatic nitrogens is 1. The number of hydrogen-bond acceptors (Lipinski definition) is 5. The van der Waals surface area contributed by atoms with E-state index in [1.807, 2.05) is 43.3 Å². The topological polar surface area (TPSA) is 120 Å². The molecule has 3 rings (SSSR count). The number of rotatable bonds is 11. The lowest BCUT2D eigenvalue weighted by Gasteiger charge is -2.18. The number of carboxylic acid groups (broad SMARTS) is 1. The average Bonchev–Trinajstić information content (AvgIpc) is 3.29. The van der Waals surface area contributed by atoms with Gasteiger partial charge in [-0.3, -0.25) is 9.59 Å². The summed E-state index contributed by atoms with van der Waals surface area (Å²) in [4.78, 5) is 41.3. The molecule has 0 aliphatic carbocycles. The van der Waals surface area contributed by atoms with Gasteiger partial charge in [0.1, 0.15) is 5.01 Å². The van der Waals surface area contributed by atoms with Gasteiger partial charge in [0, 0.05) is 22.4 Å². The van der Waals surface area contributed by atoms with Crippen molar-refractivity contribution in [2.75, 3.05) is 10.6 Å². The van der Waals surface area contributed by atoms with E-state index in [1.54, 1.807) is 18.3 Å². The maximum Gasteiger partial charge on any atom is 0.323 e. The molecule has 0 saturated carbocycles. The summed E-state index contributed by atoms with van der Waals surface area (Å²) in [6, 6.07) is 14.1. The Balaban J connectivity index is 1.56. The van der Waals surface area contributed by atoms with Crippen LogP contribution in [-0.4, -0.2) is 28.0 Å². The second kappa shape index (κ2) is 12.8. The molecule has 36 heavy (non-hydrogen) atoms.